The fraction of sp³-hybridized carbons (Fsp3) is 0.250. The number of hydrogen-bond donors (Lipinski definition) is 2. The zero-order chi connectivity index (χ0) is 23.0. The highest BCUT2D eigenvalue weighted by atomic mass is 79.9. The third-order valence-electron chi connectivity index (χ3n) is 5.24. The molecule has 1 aromatic heterocycles. The third kappa shape index (κ3) is 4.16. The zero-order valence-electron chi connectivity index (χ0n) is 17.5. The van der Waals surface area contributed by atoms with Crippen LogP contribution in [0.4, 0.5) is 0 Å². The SMILES string of the molecule is CC(C)OCCN1C(=O)C(O)=C(C(=O)c2cc3cc(Br)ccc3o2)C1c1ccc(O)cc1. The molecule has 166 valence electrons. The number of amides is 1. The first-order valence-electron chi connectivity index (χ1n) is 10.1. The van der Waals surface area contributed by atoms with E-state index in [4.69, 9.17) is 9.15 Å². The molecule has 0 fully saturated rings. The highest BCUT2D eigenvalue weighted by Crippen LogP contribution is 2.40. The lowest BCUT2D eigenvalue weighted by Gasteiger charge is -2.27. The molecule has 0 saturated carbocycles. The van der Waals surface area contributed by atoms with Crippen molar-refractivity contribution in [3.8, 4) is 5.75 Å². The first-order chi connectivity index (χ1) is 15.3. The van der Waals surface area contributed by atoms with Crippen LogP contribution in [0.25, 0.3) is 11.0 Å². The molecule has 2 heterocycles. The molecule has 7 nitrogen and oxygen atoms in total. The summed E-state index contributed by atoms with van der Waals surface area (Å²) in [6.07, 6.45) is -0.0302. The van der Waals surface area contributed by atoms with E-state index in [0.29, 0.717) is 11.1 Å². The molecule has 0 aliphatic carbocycles. The lowest BCUT2D eigenvalue weighted by Crippen LogP contribution is -2.34. The van der Waals surface area contributed by atoms with Gasteiger partial charge in [-0.05, 0) is 55.8 Å². The number of ketones is 1. The second-order valence-electron chi connectivity index (χ2n) is 7.80. The van der Waals surface area contributed by atoms with E-state index in [9.17, 15) is 19.8 Å². The van der Waals surface area contributed by atoms with E-state index in [0.717, 1.165) is 9.86 Å². The van der Waals surface area contributed by atoms with Crippen LogP contribution in [0.15, 0.2) is 68.8 Å². The summed E-state index contributed by atoms with van der Waals surface area (Å²) in [6.45, 7) is 4.18. The Balaban J connectivity index is 1.74. The lowest BCUT2D eigenvalue weighted by atomic mass is 9.95. The molecule has 0 bridgehead atoms. The van der Waals surface area contributed by atoms with E-state index >= 15 is 0 Å². The molecule has 8 heteroatoms. The van der Waals surface area contributed by atoms with Crippen LogP contribution in [0.5, 0.6) is 5.75 Å². The summed E-state index contributed by atoms with van der Waals surface area (Å²) >= 11 is 3.39. The summed E-state index contributed by atoms with van der Waals surface area (Å²) in [5.74, 6) is -1.77. The van der Waals surface area contributed by atoms with E-state index in [2.05, 4.69) is 15.9 Å². The molecule has 0 radical (unpaired) electrons. The smallest absolute Gasteiger partial charge is 0.290 e. The van der Waals surface area contributed by atoms with Gasteiger partial charge in [-0.25, -0.2) is 0 Å². The topological polar surface area (TPSA) is 100 Å². The van der Waals surface area contributed by atoms with Crippen molar-refractivity contribution in [2.24, 2.45) is 0 Å². The molecule has 1 unspecified atom stereocenters. The fourth-order valence-corrected chi connectivity index (χ4v) is 4.14. The van der Waals surface area contributed by atoms with Crippen molar-refractivity contribution >= 4 is 38.6 Å². The number of aliphatic hydroxyl groups is 1. The molecule has 32 heavy (non-hydrogen) atoms. The Morgan fingerprint density at radius 1 is 1.16 bits per heavy atom. The average Bonchev–Trinajstić information content (AvgIpc) is 3.27. The fourth-order valence-electron chi connectivity index (χ4n) is 3.77. The number of nitrogens with zero attached hydrogens (tertiary/aromatic N) is 1. The zero-order valence-corrected chi connectivity index (χ0v) is 19.1. The van der Waals surface area contributed by atoms with Crippen LogP contribution in [-0.4, -0.2) is 46.1 Å². The molecule has 1 aliphatic heterocycles. The summed E-state index contributed by atoms with van der Waals surface area (Å²) in [7, 11) is 0. The van der Waals surface area contributed by atoms with Gasteiger partial charge in [-0.15, -0.1) is 0 Å². The number of rotatable bonds is 7. The van der Waals surface area contributed by atoms with Crippen LogP contribution >= 0.6 is 15.9 Å². The molecule has 2 aromatic carbocycles. The number of aliphatic hydroxyl groups excluding tert-OH is 1. The Labute approximate surface area is 193 Å². The van der Waals surface area contributed by atoms with E-state index in [-0.39, 0.29) is 36.3 Å². The average molecular weight is 500 g/mol. The van der Waals surface area contributed by atoms with E-state index in [1.54, 1.807) is 30.3 Å². The maximum absolute atomic E-state index is 13.5. The summed E-state index contributed by atoms with van der Waals surface area (Å²) in [5.41, 5.74) is 1.03. The summed E-state index contributed by atoms with van der Waals surface area (Å²) in [6, 6.07) is 12.3. The molecular formula is C24H22BrNO6. The maximum atomic E-state index is 13.5. The maximum Gasteiger partial charge on any atom is 0.290 e. The molecule has 1 atom stereocenters. The Kier molecular flexibility index (Phi) is 6.08. The van der Waals surface area contributed by atoms with Crippen LogP contribution < -0.4 is 0 Å². The predicted octanol–water partition coefficient (Wildman–Crippen LogP) is 4.90. The quantitative estimate of drug-likeness (QED) is 0.448. The Morgan fingerprint density at radius 2 is 1.88 bits per heavy atom. The molecule has 0 saturated heterocycles. The van der Waals surface area contributed by atoms with Gasteiger partial charge >= 0.3 is 0 Å². The second-order valence-corrected chi connectivity index (χ2v) is 8.71. The number of hydrogen-bond acceptors (Lipinski definition) is 6. The second kappa shape index (κ2) is 8.80. The summed E-state index contributed by atoms with van der Waals surface area (Å²) in [4.78, 5) is 27.8. The minimum Gasteiger partial charge on any atom is -0.508 e. The number of carbonyl (C=O) groups is 2. The van der Waals surface area contributed by atoms with E-state index in [1.165, 1.54) is 17.0 Å². The molecule has 1 aliphatic rings. The van der Waals surface area contributed by atoms with Gasteiger partial charge < -0.3 is 24.3 Å². The van der Waals surface area contributed by atoms with Crippen molar-refractivity contribution in [3.05, 3.63) is 75.7 Å². The van der Waals surface area contributed by atoms with Crippen molar-refractivity contribution in [2.75, 3.05) is 13.2 Å². The van der Waals surface area contributed by atoms with Crippen molar-refractivity contribution in [2.45, 2.75) is 26.0 Å². The number of halogens is 1. The van der Waals surface area contributed by atoms with Crippen LogP contribution in [0.2, 0.25) is 0 Å². The number of phenols is 1. The number of Topliss-reactive ketones (excluding diaryl/α,β-unsaturated/α-hetero) is 1. The number of ether oxygens (including phenoxy) is 1. The first kappa shape index (κ1) is 22.1. The van der Waals surface area contributed by atoms with Crippen LogP contribution in [-0.2, 0) is 9.53 Å². The molecule has 1 amide bonds. The van der Waals surface area contributed by atoms with Crippen molar-refractivity contribution in [1.29, 1.82) is 0 Å². The molecular weight excluding hydrogens is 478 g/mol. The first-order valence-corrected chi connectivity index (χ1v) is 10.9. The highest BCUT2D eigenvalue weighted by molar-refractivity contribution is 9.10. The van der Waals surface area contributed by atoms with E-state index < -0.39 is 23.5 Å². The van der Waals surface area contributed by atoms with E-state index in [1.807, 2.05) is 19.9 Å². The normalized spacial score (nSPS) is 16.6. The van der Waals surface area contributed by atoms with Gasteiger partial charge in [-0.3, -0.25) is 9.59 Å². The van der Waals surface area contributed by atoms with Gasteiger partial charge in [-0.1, -0.05) is 28.1 Å². The van der Waals surface area contributed by atoms with Crippen LogP contribution in [0.3, 0.4) is 0 Å². The van der Waals surface area contributed by atoms with Gasteiger partial charge in [0.25, 0.3) is 5.91 Å². The molecule has 4 rings (SSSR count). The number of carbonyl (C=O) groups excluding carboxylic acids is 2. The van der Waals surface area contributed by atoms with Gasteiger partial charge in [0, 0.05) is 16.4 Å². The van der Waals surface area contributed by atoms with Crippen molar-refractivity contribution in [1.82, 2.24) is 4.90 Å². The van der Waals surface area contributed by atoms with Crippen LogP contribution in [0, 0.1) is 0 Å². The standard InChI is InChI=1S/C24H22BrNO6/c1-13(2)31-10-9-26-21(14-3-6-17(27)7-4-14)20(23(29)24(26)30)22(28)19-12-15-11-16(25)5-8-18(15)32-19/h3-8,11-13,21,27,29H,9-10H2,1-2H3. The molecule has 0 spiro atoms. The third-order valence-corrected chi connectivity index (χ3v) is 5.74. The van der Waals surface area contributed by atoms with Gasteiger partial charge in [-0.2, -0.15) is 0 Å². The van der Waals surface area contributed by atoms with Gasteiger partial charge in [0.15, 0.2) is 11.5 Å². The summed E-state index contributed by atoms with van der Waals surface area (Å²) < 4.78 is 12.1. The number of aromatic hydroxyl groups is 1. The highest BCUT2D eigenvalue weighted by Gasteiger charge is 2.44. The monoisotopic (exact) mass is 499 g/mol. The number of furan rings is 1. The van der Waals surface area contributed by atoms with Gasteiger partial charge in [0.05, 0.1) is 24.3 Å². The van der Waals surface area contributed by atoms with Gasteiger partial charge in [0.2, 0.25) is 5.78 Å². The minimum atomic E-state index is -0.841. The number of benzene rings is 2. The number of phenolic OH excluding ortho intramolecular Hbond substituents is 1. The van der Waals surface area contributed by atoms with Crippen molar-refractivity contribution in [3.63, 3.8) is 0 Å². The van der Waals surface area contributed by atoms with Crippen molar-refractivity contribution < 1.29 is 29.0 Å². The molecule has 3 aromatic rings. The lowest BCUT2D eigenvalue weighted by molar-refractivity contribution is -0.130. The largest absolute Gasteiger partial charge is 0.508 e. The Morgan fingerprint density at radius 3 is 2.56 bits per heavy atom. The van der Waals surface area contributed by atoms with Crippen LogP contribution in [0.1, 0.15) is 36.0 Å². The Hall–Kier alpha value is -3.10. The minimum absolute atomic E-state index is 0.0245. The summed E-state index contributed by atoms with van der Waals surface area (Å²) in [5, 5.41) is 21.1. The predicted molar refractivity (Wildman–Crippen MR) is 122 cm³/mol. The Bertz CT molecular complexity index is 1210. The number of fused-ring (bicyclic) bond motifs is 1. The van der Waals surface area contributed by atoms with Gasteiger partial charge in [0.1, 0.15) is 11.3 Å². The molecule has 2 N–H and O–H groups in total.